The van der Waals surface area contributed by atoms with Crippen molar-refractivity contribution in [2.24, 2.45) is 0 Å². The average molecular weight is 267 g/mol. The van der Waals surface area contributed by atoms with E-state index in [4.69, 9.17) is 19.9 Å². The summed E-state index contributed by atoms with van der Waals surface area (Å²) >= 11 is 0. The first kappa shape index (κ1) is 13.8. The zero-order chi connectivity index (χ0) is 13.5. The molecule has 0 bridgehead atoms. The van der Waals surface area contributed by atoms with Gasteiger partial charge in [-0.05, 0) is 31.4 Å². The van der Waals surface area contributed by atoms with Crippen molar-refractivity contribution in [3.63, 3.8) is 0 Å². The molecular weight excluding hydrogens is 248 g/mol. The number of rotatable bonds is 6. The molecule has 0 amide bonds. The van der Waals surface area contributed by atoms with Crippen molar-refractivity contribution in [1.82, 2.24) is 0 Å². The Morgan fingerprint density at radius 1 is 1.37 bits per heavy atom. The maximum Gasteiger partial charge on any atom is 0.279 e. The maximum atomic E-state index is 10.6. The van der Waals surface area contributed by atoms with Gasteiger partial charge in [0.15, 0.2) is 6.29 Å². The lowest BCUT2D eigenvalue weighted by atomic mass is 10.2. The van der Waals surface area contributed by atoms with E-state index in [1.54, 1.807) is 23.4 Å². The minimum Gasteiger partial charge on any atom is -0.491 e. The lowest BCUT2D eigenvalue weighted by Gasteiger charge is -2.22. The number of hydrogen-bond acceptors (Lipinski definition) is 5. The normalized spacial score (nSPS) is 19.1. The average Bonchev–Trinajstić information content (AvgIpc) is 2.46. The first-order valence-electron chi connectivity index (χ1n) is 6.43. The molecule has 6 heteroatoms. The van der Waals surface area contributed by atoms with Gasteiger partial charge in [-0.1, -0.05) is 0 Å². The van der Waals surface area contributed by atoms with Crippen LogP contribution in [0.25, 0.3) is 0 Å². The summed E-state index contributed by atoms with van der Waals surface area (Å²) < 4.78 is 16.5. The Hall–Kier alpha value is -1.66. The molecule has 0 aromatic heterocycles. The molecule has 1 heterocycles. The number of nitrogen functional groups attached to an aromatic ring is 1. The third kappa shape index (κ3) is 4.18. The Kier molecular flexibility index (Phi) is 5.11. The molecule has 1 unspecified atom stereocenters. The van der Waals surface area contributed by atoms with E-state index in [1.165, 1.54) is 0 Å². The Balaban J connectivity index is 1.71. The van der Waals surface area contributed by atoms with Crippen LogP contribution < -0.4 is 15.6 Å². The lowest BCUT2D eigenvalue weighted by Crippen LogP contribution is -2.56. The Morgan fingerprint density at radius 3 is 3.00 bits per heavy atom. The van der Waals surface area contributed by atoms with Crippen molar-refractivity contribution in [3.05, 3.63) is 23.1 Å². The van der Waals surface area contributed by atoms with Crippen molar-refractivity contribution in [1.29, 1.82) is 0 Å². The van der Waals surface area contributed by atoms with Gasteiger partial charge in [-0.15, -0.1) is 0 Å². The van der Waals surface area contributed by atoms with Gasteiger partial charge in [-0.2, -0.15) is 0 Å². The summed E-state index contributed by atoms with van der Waals surface area (Å²) in [6.07, 6.45) is 3.07. The van der Waals surface area contributed by atoms with Crippen LogP contribution in [0, 0.1) is 4.91 Å². The standard InChI is InChI=1S/C13H18N2O4/c14-11-5-4-10(9-12(11)15-16)17-7-8-19-13-3-1-2-6-18-13/h4-5,9,13H,1-3,6-8,14H2/p+1. The largest absolute Gasteiger partial charge is 0.491 e. The van der Waals surface area contributed by atoms with Gasteiger partial charge in [0.1, 0.15) is 18.0 Å². The van der Waals surface area contributed by atoms with Crippen LogP contribution in [0.2, 0.25) is 0 Å². The highest BCUT2D eigenvalue weighted by atomic mass is 16.7. The summed E-state index contributed by atoms with van der Waals surface area (Å²) in [6.45, 7) is 1.62. The van der Waals surface area contributed by atoms with Crippen molar-refractivity contribution >= 4 is 11.4 Å². The maximum absolute atomic E-state index is 10.6. The van der Waals surface area contributed by atoms with Crippen LogP contribution in [0.3, 0.4) is 0 Å². The molecule has 1 aliphatic rings. The van der Waals surface area contributed by atoms with E-state index in [1.807, 2.05) is 0 Å². The van der Waals surface area contributed by atoms with Gasteiger partial charge in [0.25, 0.3) is 5.69 Å². The molecule has 1 aromatic rings. The van der Waals surface area contributed by atoms with Crippen LogP contribution >= 0.6 is 0 Å². The molecule has 1 saturated heterocycles. The highest BCUT2D eigenvalue weighted by Gasteiger charge is 2.13. The molecule has 0 radical (unpaired) electrons. The van der Waals surface area contributed by atoms with Gasteiger partial charge in [0, 0.05) is 16.7 Å². The molecule has 104 valence electrons. The van der Waals surface area contributed by atoms with Crippen molar-refractivity contribution < 1.29 is 19.4 Å². The zero-order valence-corrected chi connectivity index (χ0v) is 10.8. The monoisotopic (exact) mass is 267 g/mol. The molecule has 0 aliphatic carbocycles. The van der Waals surface area contributed by atoms with Crippen LogP contribution in [0.15, 0.2) is 18.2 Å². The number of nitroso groups, excluding NO2 is 1. The molecular formula is C13H19N2O4+. The van der Waals surface area contributed by atoms with Gasteiger partial charge in [-0.25, -0.2) is 0 Å². The van der Waals surface area contributed by atoms with Crippen LogP contribution in [-0.2, 0) is 9.47 Å². The first-order chi connectivity index (χ1) is 9.29. The summed E-state index contributed by atoms with van der Waals surface area (Å²) in [4.78, 5) is 10.6. The fourth-order valence-corrected chi connectivity index (χ4v) is 1.90. The third-order valence-electron chi connectivity index (χ3n) is 2.93. The van der Waals surface area contributed by atoms with Gasteiger partial charge in [0.2, 0.25) is 0 Å². The quantitative estimate of drug-likeness (QED) is 0.584. The number of ether oxygens (including phenoxy) is 3. The Morgan fingerprint density at radius 2 is 2.26 bits per heavy atom. The van der Waals surface area contributed by atoms with Crippen LogP contribution in [0.4, 0.5) is 11.4 Å². The smallest absolute Gasteiger partial charge is 0.279 e. The van der Waals surface area contributed by atoms with Crippen LogP contribution in [-0.4, -0.2) is 26.1 Å². The van der Waals surface area contributed by atoms with E-state index in [-0.39, 0.29) is 6.29 Å². The topological polar surface area (TPSA) is 84.8 Å². The molecule has 6 nitrogen and oxygen atoms in total. The number of benzene rings is 1. The van der Waals surface area contributed by atoms with E-state index < -0.39 is 0 Å². The number of nitrogens with one attached hydrogen (secondary N) is 1. The summed E-state index contributed by atoms with van der Waals surface area (Å²) in [7, 11) is 0. The Bertz CT molecular complexity index is 419. The lowest BCUT2D eigenvalue weighted by molar-refractivity contribution is -0.378. The molecule has 2 rings (SSSR count). The molecule has 1 fully saturated rings. The molecule has 1 aliphatic heterocycles. The van der Waals surface area contributed by atoms with Crippen molar-refractivity contribution in [3.8, 4) is 5.75 Å². The first-order valence-corrected chi connectivity index (χ1v) is 6.43. The molecule has 3 N–H and O–H groups in total. The molecule has 1 atom stereocenters. The number of nitrogens with two attached hydrogens (primary N) is 1. The molecule has 0 saturated carbocycles. The third-order valence-corrected chi connectivity index (χ3v) is 2.93. The predicted octanol–water partition coefficient (Wildman–Crippen LogP) is 0.669. The van der Waals surface area contributed by atoms with E-state index in [0.717, 1.165) is 25.9 Å². The van der Waals surface area contributed by atoms with Gasteiger partial charge in [-0.3, -0.25) is 0 Å². The van der Waals surface area contributed by atoms with E-state index in [0.29, 0.717) is 30.3 Å². The van der Waals surface area contributed by atoms with Crippen LogP contribution in [0.1, 0.15) is 19.3 Å². The number of hydrogen-bond donors (Lipinski definition) is 2. The zero-order valence-electron chi connectivity index (χ0n) is 10.8. The summed E-state index contributed by atoms with van der Waals surface area (Å²) in [6, 6.07) is 4.91. The summed E-state index contributed by atoms with van der Waals surface area (Å²) in [5, 5.41) is 1.77. The van der Waals surface area contributed by atoms with Crippen molar-refractivity contribution in [2.75, 3.05) is 25.6 Å². The summed E-state index contributed by atoms with van der Waals surface area (Å²) in [5.74, 6) is 0.584. The second-order valence-electron chi connectivity index (χ2n) is 4.37. The highest BCUT2D eigenvalue weighted by molar-refractivity contribution is 5.59. The van der Waals surface area contributed by atoms with Crippen molar-refractivity contribution in [2.45, 2.75) is 25.6 Å². The van der Waals surface area contributed by atoms with E-state index in [9.17, 15) is 4.91 Å². The number of anilines is 1. The predicted molar refractivity (Wildman–Crippen MR) is 69.9 cm³/mol. The minimum atomic E-state index is -0.109. The van der Waals surface area contributed by atoms with E-state index in [2.05, 4.69) is 0 Å². The van der Waals surface area contributed by atoms with Crippen LogP contribution in [0.5, 0.6) is 5.75 Å². The van der Waals surface area contributed by atoms with Gasteiger partial charge >= 0.3 is 0 Å². The van der Waals surface area contributed by atoms with E-state index >= 15 is 0 Å². The molecule has 1 aromatic carbocycles. The SMILES string of the molecule is Nc1ccc(OCCOC2CCCCO2)cc1[NH+]=O. The molecule has 0 spiro atoms. The highest BCUT2D eigenvalue weighted by Crippen LogP contribution is 2.20. The summed E-state index contributed by atoms with van der Waals surface area (Å²) in [5.41, 5.74) is 6.30. The molecule has 19 heavy (non-hydrogen) atoms. The second kappa shape index (κ2) is 7.06. The fourth-order valence-electron chi connectivity index (χ4n) is 1.90. The van der Waals surface area contributed by atoms with Gasteiger partial charge < -0.3 is 19.9 Å². The minimum absolute atomic E-state index is 0.109. The van der Waals surface area contributed by atoms with Gasteiger partial charge in [0.05, 0.1) is 12.7 Å². The Labute approximate surface area is 111 Å². The fraction of sp³-hybridized carbons (Fsp3) is 0.538. The second-order valence-corrected chi connectivity index (χ2v) is 4.37.